The molecule has 2 heterocycles. The number of fused-ring (bicyclic) bond motifs is 1. The highest BCUT2D eigenvalue weighted by molar-refractivity contribution is 7.21. The Morgan fingerprint density at radius 3 is 3.05 bits per heavy atom. The number of thiophene rings is 1. The zero-order valence-corrected chi connectivity index (χ0v) is 11.2. The van der Waals surface area contributed by atoms with E-state index >= 15 is 0 Å². The van der Waals surface area contributed by atoms with Gasteiger partial charge >= 0.3 is 0 Å². The van der Waals surface area contributed by atoms with Crippen LogP contribution >= 0.6 is 11.3 Å². The van der Waals surface area contributed by atoms with Crippen LogP contribution in [-0.2, 0) is 6.54 Å². The molecule has 0 saturated heterocycles. The van der Waals surface area contributed by atoms with Gasteiger partial charge in [-0.15, -0.1) is 11.3 Å². The number of rotatable bonds is 3. The molecular weight excluding hydrogens is 279 g/mol. The fourth-order valence-corrected chi connectivity index (χ4v) is 3.26. The van der Waals surface area contributed by atoms with Crippen molar-refractivity contribution in [1.29, 1.82) is 0 Å². The van der Waals surface area contributed by atoms with E-state index in [1.807, 2.05) is 0 Å². The minimum atomic E-state index is -0.416. The van der Waals surface area contributed by atoms with E-state index in [4.69, 9.17) is 5.84 Å². The van der Waals surface area contributed by atoms with E-state index in [1.165, 1.54) is 17.4 Å². The van der Waals surface area contributed by atoms with E-state index in [0.29, 0.717) is 22.4 Å². The monoisotopic (exact) mass is 290 g/mol. The molecule has 0 bridgehead atoms. The first-order valence-electron chi connectivity index (χ1n) is 5.87. The van der Waals surface area contributed by atoms with Gasteiger partial charge in [-0.1, -0.05) is 6.07 Å². The third-order valence-electron chi connectivity index (χ3n) is 3.00. The van der Waals surface area contributed by atoms with E-state index in [1.54, 1.807) is 35.4 Å². The molecule has 0 atom stereocenters. The van der Waals surface area contributed by atoms with E-state index in [0.717, 1.165) is 4.70 Å². The van der Waals surface area contributed by atoms with Crippen molar-refractivity contribution < 1.29 is 9.18 Å². The van der Waals surface area contributed by atoms with Crippen LogP contribution in [0.2, 0.25) is 0 Å². The summed E-state index contributed by atoms with van der Waals surface area (Å²) in [5.74, 6) is 4.44. The van der Waals surface area contributed by atoms with Gasteiger partial charge in [0.1, 0.15) is 5.82 Å². The normalized spacial score (nSPS) is 10.9. The smallest absolute Gasteiger partial charge is 0.275 e. The molecule has 0 unspecified atom stereocenters. The Morgan fingerprint density at radius 2 is 2.35 bits per heavy atom. The Kier molecular flexibility index (Phi) is 3.21. The van der Waals surface area contributed by atoms with Gasteiger partial charge in [-0.3, -0.25) is 10.2 Å². The maximum Gasteiger partial charge on any atom is 0.275 e. The molecule has 7 heteroatoms. The van der Waals surface area contributed by atoms with Crippen molar-refractivity contribution in [1.82, 2.24) is 15.0 Å². The molecule has 5 nitrogen and oxygen atoms in total. The van der Waals surface area contributed by atoms with E-state index in [9.17, 15) is 9.18 Å². The van der Waals surface area contributed by atoms with Gasteiger partial charge in [0.15, 0.2) is 0 Å². The number of aromatic nitrogens is 2. The number of halogens is 1. The molecule has 3 aromatic rings. The van der Waals surface area contributed by atoms with Crippen LogP contribution in [0.15, 0.2) is 36.9 Å². The Bertz CT molecular complexity index is 766. The number of imidazole rings is 1. The number of nitrogens with zero attached hydrogens (tertiary/aromatic N) is 2. The number of hydrogen-bond acceptors (Lipinski definition) is 4. The number of amides is 1. The van der Waals surface area contributed by atoms with Crippen molar-refractivity contribution >= 4 is 27.3 Å². The quantitative estimate of drug-likeness (QED) is 0.439. The van der Waals surface area contributed by atoms with Crippen LogP contribution in [0.25, 0.3) is 10.1 Å². The van der Waals surface area contributed by atoms with Crippen LogP contribution < -0.4 is 11.3 Å². The highest BCUT2D eigenvalue weighted by Gasteiger charge is 2.20. The Morgan fingerprint density at radius 1 is 1.50 bits per heavy atom. The minimum absolute atomic E-state index is 0.343. The largest absolute Gasteiger partial charge is 0.333 e. The van der Waals surface area contributed by atoms with Crippen molar-refractivity contribution in [3.63, 3.8) is 0 Å². The van der Waals surface area contributed by atoms with Crippen molar-refractivity contribution in [3.05, 3.63) is 53.2 Å². The van der Waals surface area contributed by atoms with Crippen LogP contribution in [0.1, 0.15) is 15.2 Å². The lowest BCUT2D eigenvalue weighted by molar-refractivity contribution is 0.0957. The summed E-state index contributed by atoms with van der Waals surface area (Å²) in [5, 5.41) is 0.463. The standard InChI is InChI=1S/C13H11FN4OS/c14-9-2-1-3-10-11(9)8(6-18-5-4-16-7-18)12(20-10)13(19)17-15/h1-5,7H,6,15H2,(H,17,19). The van der Waals surface area contributed by atoms with Gasteiger partial charge in [-0.25, -0.2) is 15.2 Å². The summed E-state index contributed by atoms with van der Waals surface area (Å²) < 4.78 is 16.6. The maximum atomic E-state index is 14.1. The van der Waals surface area contributed by atoms with Gasteiger partial charge in [0, 0.05) is 28.0 Å². The highest BCUT2D eigenvalue weighted by Crippen LogP contribution is 2.33. The fraction of sp³-hybridized carbons (Fsp3) is 0.0769. The lowest BCUT2D eigenvalue weighted by Crippen LogP contribution is -2.30. The van der Waals surface area contributed by atoms with Crippen LogP contribution in [0.3, 0.4) is 0 Å². The molecule has 0 aliphatic carbocycles. The molecule has 0 spiro atoms. The SMILES string of the molecule is NNC(=O)c1sc2cccc(F)c2c1Cn1ccnc1. The molecule has 3 N–H and O–H groups in total. The van der Waals surface area contributed by atoms with Gasteiger partial charge in [0.25, 0.3) is 5.91 Å². The summed E-state index contributed by atoms with van der Waals surface area (Å²) in [7, 11) is 0. The first-order valence-corrected chi connectivity index (χ1v) is 6.69. The second kappa shape index (κ2) is 5.03. The van der Waals surface area contributed by atoms with E-state index in [2.05, 4.69) is 10.4 Å². The van der Waals surface area contributed by atoms with Crippen molar-refractivity contribution in [2.24, 2.45) is 5.84 Å². The second-order valence-corrected chi connectivity index (χ2v) is 5.28. The molecule has 1 aromatic carbocycles. The van der Waals surface area contributed by atoms with Crippen molar-refractivity contribution in [3.8, 4) is 0 Å². The number of nitrogen functional groups attached to an aromatic ring is 1. The summed E-state index contributed by atoms with van der Waals surface area (Å²) in [4.78, 5) is 16.2. The zero-order chi connectivity index (χ0) is 14.1. The lowest BCUT2D eigenvalue weighted by atomic mass is 10.1. The molecule has 3 rings (SSSR count). The number of nitrogens with two attached hydrogens (primary N) is 1. The zero-order valence-electron chi connectivity index (χ0n) is 10.3. The summed E-state index contributed by atoms with van der Waals surface area (Å²) >= 11 is 1.23. The van der Waals surface area contributed by atoms with Crippen molar-refractivity contribution in [2.45, 2.75) is 6.54 Å². The molecule has 102 valence electrons. The first kappa shape index (κ1) is 12.8. The number of hydrogen-bond donors (Lipinski definition) is 2. The lowest BCUT2D eigenvalue weighted by Gasteiger charge is -2.05. The number of benzene rings is 1. The Labute approximate surface area is 117 Å². The maximum absolute atomic E-state index is 14.1. The molecule has 20 heavy (non-hydrogen) atoms. The summed E-state index contributed by atoms with van der Waals surface area (Å²) in [6.45, 7) is 0.365. The van der Waals surface area contributed by atoms with Crippen LogP contribution in [-0.4, -0.2) is 15.5 Å². The molecule has 1 amide bonds. The van der Waals surface area contributed by atoms with Crippen LogP contribution in [0.5, 0.6) is 0 Å². The molecule has 2 aromatic heterocycles. The number of hydrazine groups is 1. The summed E-state index contributed by atoms with van der Waals surface area (Å²) in [6, 6.07) is 4.80. The van der Waals surface area contributed by atoms with Crippen molar-refractivity contribution in [2.75, 3.05) is 0 Å². The third-order valence-corrected chi connectivity index (χ3v) is 4.20. The van der Waals surface area contributed by atoms with Gasteiger partial charge in [-0.2, -0.15) is 0 Å². The average molecular weight is 290 g/mol. The van der Waals surface area contributed by atoms with Crippen LogP contribution in [0.4, 0.5) is 4.39 Å². The number of carbonyl (C=O) groups is 1. The minimum Gasteiger partial charge on any atom is -0.333 e. The van der Waals surface area contributed by atoms with Gasteiger partial charge in [-0.05, 0) is 12.1 Å². The highest BCUT2D eigenvalue weighted by atomic mass is 32.1. The molecular formula is C13H11FN4OS. The van der Waals surface area contributed by atoms with E-state index in [-0.39, 0.29) is 5.82 Å². The summed E-state index contributed by atoms with van der Waals surface area (Å²) in [6.07, 6.45) is 5.01. The predicted octanol–water partition coefficient (Wildman–Crippen LogP) is 1.89. The topological polar surface area (TPSA) is 72.9 Å². The molecule has 0 fully saturated rings. The fourth-order valence-electron chi connectivity index (χ4n) is 2.13. The van der Waals surface area contributed by atoms with Gasteiger partial charge in [0.2, 0.25) is 0 Å². The number of nitrogens with one attached hydrogen (secondary N) is 1. The first-order chi connectivity index (χ1) is 9.70. The average Bonchev–Trinajstić information content (AvgIpc) is 3.07. The third kappa shape index (κ3) is 2.06. The molecule has 0 aliphatic rings. The molecule has 0 aliphatic heterocycles. The van der Waals surface area contributed by atoms with Gasteiger partial charge < -0.3 is 4.57 Å². The molecule has 0 radical (unpaired) electrons. The number of carbonyl (C=O) groups excluding carboxylic acids is 1. The van der Waals surface area contributed by atoms with E-state index < -0.39 is 5.91 Å². The second-order valence-electron chi connectivity index (χ2n) is 4.23. The molecule has 0 saturated carbocycles. The Hall–Kier alpha value is -2.25. The summed E-state index contributed by atoms with van der Waals surface area (Å²) in [5.41, 5.74) is 2.72. The Balaban J connectivity index is 2.22. The van der Waals surface area contributed by atoms with Gasteiger partial charge in [0.05, 0.1) is 17.7 Å². The van der Waals surface area contributed by atoms with Crippen LogP contribution in [0, 0.1) is 5.82 Å². The predicted molar refractivity (Wildman–Crippen MR) is 74.8 cm³/mol.